The van der Waals surface area contributed by atoms with Gasteiger partial charge in [-0.2, -0.15) is 0 Å². The number of ether oxygens (including phenoxy) is 1. The first-order chi connectivity index (χ1) is 10.2. The van der Waals surface area contributed by atoms with Crippen molar-refractivity contribution in [2.75, 3.05) is 33.4 Å². The molecule has 122 valence electrons. The summed E-state index contributed by atoms with van der Waals surface area (Å²) in [7, 11) is 1.82. The van der Waals surface area contributed by atoms with E-state index in [-0.39, 0.29) is 0 Å². The summed E-state index contributed by atoms with van der Waals surface area (Å²) in [6.07, 6.45) is 11.3. The van der Waals surface area contributed by atoms with Crippen LogP contribution in [0.4, 0.5) is 0 Å². The summed E-state index contributed by atoms with van der Waals surface area (Å²) in [4.78, 5) is 2.82. The van der Waals surface area contributed by atoms with Gasteiger partial charge in [-0.1, -0.05) is 19.3 Å². The smallest absolute Gasteiger partial charge is 0.0474 e. The molecule has 21 heavy (non-hydrogen) atoms. The summed E-state index contributed by atoms with van der Waals surface area (Å²) in [6, 6.07) is 0.772. The van der Waals surface area contributed by atoms with Crippen LogP contribution in [0.2, 0.25) is 0 Å². The molecule has 1 N–H and O–H groups in total. The molecule has 1 heterocycles. The van der Waals surface area contributed by atoms with Gasteiger partial charge >= 0.3 is 0 Å². The minimum Gasteiger partial charge on any atom is -0.385 e. The molecule has 3 fully saturated rings. The van der Waals surface area contributed by atoms with Crippen molar-refractivity contribution in [3.8, 4) is 0 Å². The monoisotopic (exact) mass is 294 g/mol. The average Bonchev–Trinajstić information content (AvgIpc) is 3.34. The van der Waals surface area contributed by atoms with Gasteiger partial charge in [0, 0.05) is 44.9 Å². The second kappa shape index (κ2) is 6.97. The zero-order valence-electron chi connectivity index (χ0n) is 14.1. The van der Waals surface area contributed by atoms with Crippen molar-refractivity contribution >= 4 is 0 Å². The molecule has 3 aliphatic rings. The third kappa shape index (κ3) is 3.80. The van der Waals surface area contributed by atoms with E-state index < -0.39 is 0 Å². The SMILES string of the molecule is COCCCN1CC(C)(C2CC2)NCC1C1CCCCC1. The Bertz CT molecular complexity index is 325. The predicted molar refractivity (Wildman–Crippen MR) is 87.6 cm³/mol. The van der Waals surface area contributed by atoms with Crippen molar-refractivity contribution < 1.29 is 4.74 Å². The summed E-state index contributed by atoms with van der Waals surface area (Å²) >= 11 is 0. The van der Waals surface area contributed by atoms with E-state index in [4.69, 9.17) is 4.74 Å². The molecule has 2 unspecified atom stereocenters. The molecule has 2 atom stereocenters. The number of hydrogen-bond donors (Lipinski definition) is 1. The van der Waals surface area contributed by atoms with Crippen LogP contribution in [0.1, 0.15) is 58.3 Å². The Morgan fingerprint density at radius 2 is 1.90 bits per heavy atom. The van der Waals surface area contributed by atoms with Gasteiger partial charge < -0.3 is 10.1 Å². The van der Waals surface area contributed by atoms with Crippen LogP contribution in [0.15, 0.2) is 0 Å². The maximum atomic E-state index is 5.28. The highest BCUT2D eigenvalue weighted by atomic mass is 16.5. The van der Waals surface area contributed by atoms with Crippen molar-refractivity contribution in [2.45, 2.75) is 69.9 Å². The molecule has 0 bridgehead atoms. The van der Waals surface area contributed by atoms with E-state index in [1.807, 2.05) is 7.11 Å². The van der Waals surface area contributed by atoms with Crippen LogP contribution >= 0.6 is 0 Å². The average molecular weight is 294 g/mol. The highest BCUT2D eigenvalue weighted by Crippen LogP contribution is 2.42. The first kappa shape index (κ1) is 15.8. The Labute approximate surface area is 130 Å². The third-order valence-corrected chi connectivity index (χ3v) is 6.18. The van der Waals surface area contributed by atoms with E-state index in [0.717, 1.165) is 24.5 Å². The van der Waals surface area contributed by atoms with Crippen molar-refractivity contribution in [3.05, 3.63) is 0 Å². The van der Waals surface area contributed by atoms with Crippen molar-refractivity contribution in [3.63, 3.8) is 0 Å². The molecular formula is C18H34N2O. The van der Waals surface area contributed by atoms with Gasteiger partial charge in [-0.15, -0.1) is 0 Å². The van der Waals surface area contributed by atoms with Gasteiger partial charge in [-0.25, -0.2) is 0 Å². The van der Waals surface area contributed by atoms with E-state index in [1.165, 1.54) is 71.0 Å². The number of piperazine rings is 1. The van der Waals surface area contributed by atoms with Crippen LogP contribution in [0.5, 0.6) is 0 Å². The molecule has 2 aliphatic carbocycles. The van der Waals surface area contributed by atoms with Gasteiger partial charge in [0.1, 0.15) is 0 Å². The van der Waals surface area contributed by atoms with Gasteiger partial charge in [0.05, 0.1) is 0 Å². The zero-order valence-corrected chi connectivity index (χ0v) is 14.1. The Morgan fingerprint density at radius 1 is 1.14 bits per heavy atom. The maximum Gasteiger partial charge on any atom is 0.0474 e. The maximum absolute atomic E-state index is 5.28. The molecule has 1 saturated heterocycles. The second-order valence-corrected chi connectivity index (χ2v) is 7.85. The number of nitrogens with zero attached hydrogens (tertiary/aromatic N) is 1. The van der Waals surface area contributed by atoms with Crippen LogP contribution in [0, 0.1) is 11.8 Å². The predicted octanol–water partition coefficient (Wildman–Crippen LogP) is 3.05. The fourth-order valence-electron chi connectivity index (χ4n) is 4.70. The van der Waals surface area contributed by atoms with Crippen LogP contribution in [0.25, 0.3) is 0 Å². The molecule has 3 heteroatoms. The van der Waals surface area contributed by atoms with E-state index in [1.54, 1.807) is 0 Å². The molecule has 0 aromatic carbocycles. The van der Waals surface area contributed by atoms with Gasteiger partial charge in [-0.05, 0) is 50.9 Å². The van der Waals surface area contributed by atoms with E-state index >= 15 is 0 Å². The number of methoxy groups -OCH3 is 1. The fourth-order valence-corrected chi connectivity index (χ4v) is 4.70. The minimum atomic E-state index is 0.373. The zero-order chi connectivity index (χ0) is 14.7. The van der Waals surface area contributed by atoms with Crippen molar-refractivity contribution in [1.29, 1.82) is 0 Å². The van der Waals surface area contributed by atoms with Crippen LogP contribution in [-0.2, 0) is 4.74 Å². The fraction of sp³-hybridized carbons (Fsp3) is 1.00. The normalized spacial score (nSPS) is 36.0. The van der Waals surface area contributed by atoms with Gasteiger partial charge in [0.15, 0.2) is 0 Å². The molecule has 0 amide bonds. The van der Waals surface area contributed by atoms with Crippen LogP contribution in [0.3, 0.4) is 0 Å². The second-order valence-electron chi connectivity index (χ2n) is 7.85. The first-order valence-corrected chi connectivity index (χ1v) is 9.21. The Balaban J connectivity index is 1.62. The Hall–Kier alpha value is -0.120. The van der Waals surface area contributed by atoms with Gasteiger partial charge in [0.25, 0.3) is 0 Å². The van der Waals surface area contributed by atoms with E-state index in [0.29, 0.717) is 5.54 Å². The van der Waals surface area contributed by atoms with E-state index in [2.05, 4.69) is 17.1 Å². The topological polar surface area (TPSA) is 24.5 Å². The molecular weight excluding hydrogens is 260 g/mol. The van der Waals surface area contributed by atoms with Gasteiger partial charge in [0.2, 0.25) is 0 Å². The number of nitrogens with one attached hydrogen (secondary N) is 1. The Kier molecular flexibility index (Phi) is 5.23. The van der Waals surface area contributed by atoms with Crippen LogP contribution < -0.4 is 5.32 Å². The summed E-state index contributed by atoms with van der Waals surface area (Å²) in [5.41, 5.74) is 0.373. The lowest BCUT2D eigenvalue weighted by Gasteiger charge is -2.50. The first-order valence-electron chi connectivity index (χ1n) is 9.21. The lowest BCUT2D eigenvalue weighted by molar-refractivity contribution is 0.0283. The number of rotatable bonds is 6. The van der Waals surface area contributed by atoms with Crippen molar-refractivity contribution in [1.82, 2.24) is 10.2 Å². The molecule has 0 radical (unpaired) electrons. The third-order valence-electron chi connectivity index (χ3n) is 6.18. The highest BCUT2D eigenvalue weighted by Gasteiger charge is 2.47. The summed E-state index contributed by atoms with van der Waals surface area (Å²) in [5, 5.41) is 3.95. The summed E-state index contributed by atoms with van der Waals surface area (Å²) in [6.45, 7) is 7.05. The standard InChI is InChI=1S/C18H34N2O/c1-18(16-9-10-16)14-20(11-6-12-21-2)17(13-19-18)15-7-4-3-5-8-15/h15-17,19H,3-14H2,1-2H3. The van der Waals surface area contributed by atoms with E-state index in [9.17, 15) is 0 Å². The molecule has 3 rings (SSSR count). The lowest BCUT2D eigenvalue weighted by Crippen LogP contribution is -2.65. The molecule has 0 aromatic heterocycles. The highest BCUT2D eigenvalue weighted by molar-refractivity contribution is 5.05. The van der Waals surface area contributed by atoms with Crippen molar-refractivity contribution in [2.24, 2.45) is 11.8 Å². The van der Waals surface area contributed by atoms with Gasteiger partial charge in [-0.3, -0.25) is 4.90 Å². The Morgan fingerprint density at radius 3 is 2.57 bits per heavy atom. The molecule has 2 saturated carbocycles. The summed E-state index contributed by atoms with van der Waals surface area (Å²) < 4.78 is 5.28. The molecule has 0 aromatic rings. The number of hydrogen-bond acceptors (Lipinski definition) is 3. The molecule has 1 aliphatic heterocycles. The largest absolute Gasteiger partial charge is 0.385 e. The molecule has 0 spiro atoms. The lowest BCUT2D eigenvalue weighted by atomic mass is 9.80. The quantitative estimate of drug-likeness (QED) is 0.762. The summed E-state index contributed by atoms with van der Waals surface area (Å²) in [5.74, 6) is 1.85. The molecule has 3 nitrogen and oxygen atoms in total. The minimum absolute atomic E-state index is 0.373. The van der Waals surface area contributed by atoms with Crippen LogP contribution in [-0.4, -0.2) is 49.8 Å².